The number of halogens is 2. The van der Waals surface area contributed by atoms with Gasteiger partial charge in [0.05, 0.1) is 17.2 Å². The molecule has 1 aliphatic heterocycles. The number of ether oxygens (including phenoxy) is 1. The van der Waals surface area contributed by atoms with E-state index in [9.17, 15) is 17.2 Å². The van der Waals surface area contributed by atoms with Gasteiger partial charge in [0.2, 0.25) is 10.0 Å². The Morgan fingerprint density at radius 3 is 2.43 bits per heavy atom. The molecule has 6 nitrogen and oxygen atoms in total. The number of anilines is 1. The Labute approximate surface area is 176 Å². The summed E-state index contributed by atoms with van der Waals surface area (Å²) in [6, 6.07) is 10.4. The molecule has 0 aromatic heterocycles. The van der Waals surface area contributed by atoms with Crippen LogP contribution < -0.4 is 14.4 Å². The summed E-state index contributed by atoms with van der Waals surface area (Å²) in [6.45, 7) is 6.02. The molecule has 1 heterocycles. The molecule has 30 heavy (non-hydrogen) atoms. The average Bonchev–Trinajstić information content (AvgIpc) is 2.74. The second-order valence-electron chi connectivity index (χ2n) is 7.06. The summed E-state index contributed by atoms with van der Waals surface area (Å²) in [5.74, 6) is -0.885. The first-order valence-electron chi connectivity index (χ1n) is 10.0. The highest BCUT2D eigenvalue weighted by Crippen LogP contribution is 2.21. The van der Waals surface area contributed by atoms with Gasteiger partial charge in [-0.1, -0.05) is 12.1 Å². The summed E-state index contributed by atoms with van der Waals surface area (Å²) in [7, 11) is -3.78. The molecular weight excluding hydrogens is 412 g/mol. The van der Waals surface area contributed by atoms with Gasteiger partial charge in [-0.25, -0.2) is 21.9 Å². The first kappa shape index (κ1) is 22.5. The molecule has 1 fully saturated rings. The predicted octanol–water partition coefficient (Wildman–Crippen LogP) is 2.85. The van der Waals surface area contributed by atoms with Crippen LogP contribution >= 0.6 is 0 Å². The topological polar surface area (TPSA) is 61.9 Å². The summed E-state index contributed by atoms with van der Waals surface area (Å²) in [6.07, 6.45) is 0.623. The van der Waals surface area contributed by atoms with Crippen LogP contribution in [0.3, 0.4) is 0 Å². The maximum absolute atomic E-state index is 13.9. The van der Waals surface area contributed by atoms with E-state index in [0.717, 1.165) is 38.8 Å². The molecule has 0 unspecified atom stereocenters. The molecule has 0 bridgehead atoms. The number of hydrogen-bond acceptors (Lipinski definition) is 5. The molecule has 0 amide bonds. The Morgan fingerprint density at radius 2 is 1.77 bits per heavy atom. The fourth-order valence-corrected chi connectivity index (χ4v) is 4.52. The second kappa shape index (κ2) is 10.2. The zero-order valence-electron chi connectivity index (χ0n) is 17.0. The van der Waals surface area contributed by atoms with Crippen LogP contribution in [0.15, 0.2) is 47.4 Å². The van der Waals surface area contributed by atoms with Gasteiger partial charge < -0.3 is 9.64 Å². The summed E-state index contributed by atoms with van der Waals surface area (Å²) in [5.41, 5.74) is 0.618. The quantitative estimate of drug-likeness (QED) is 0.609. The molecule has 2 aromatic carbocycles. The van der Waals surface area contributed by atoms with Crippen molar-refractivity contribution in [3.8, 4) is 5.75 Å². The SMILES string of the molecule is CCOc1ccc(S(=O)(=O)NCCCN2CCN(c3ccccc3F)CC2)cc1F. The average molecular weight is 440 g/mol. The van der Waals surface area contributed by atoms with Crippen molar-refractivity contribution < 1.29 is 21.9 Å². The van der Waals surface area contributed by atoms with E-state index < -0.39 is 15.8 Å². The predicted molar refractivity (Wildman–Crippen MR) is 112 cm³/mol. The number of nitrogens with zero attached hydrogens (tertiary/aromatic N) is 2. The van der Waals surface area contributed by atoms with Crippen molar-refractivity contribution in [2.24, 2.45) is 0 Å². The fourth-order valence-electron chi connectivity index (χ4n) is 3.43. The van der Waals surface area contributed by atoms with E-state index in [0.29, 0.717) is 18.7 Å². The highest BCUT2D eigenvalue weighted by atomic mass is 32.2. The van der Waals surface area contributed by atoms with Gasteiger partial charge in [-0.3, -0.25) is 4.90 Å². The molecule has 0 aliphatic carbocycles. The first-order chi connectivity index (χ1) is 14.4. The maximum atomic E-state index is 13.9. The zero-order chi connectivity index (χ0) is 21.6. The van der Waals surface area contributed by atoms with Crippen LogP contribution in [-0.4, -0.2) is 59.2 Å². The Kier molecular flexibility index (Phi) is 7.63. The maximum Gasteiger partial charge on any atom is 0.240 e. The van der Waals surface area contributed by atoms with Crippen molar-refractivity contribution in [3.63, 3.8) is 0 Å². The first-order valence-corrected chi connectivity index (χ1v) is 11.5. The zero-order valence-corrected chi connectivity index (χ0v) is 17.8. The summed E-state index contributed by atoms with van der Waals surface area (Å²) in [4.78, 5) is 4.12. The minimum atomic E-state index is -3.78. The van der Waals surface area contributed by atoms with E-state index in [2.05, 4.69) is 9.62 Å². The van der Waals surface area contributed by atoms with Crippen molar-refractivity contribution >= 4 is 15.7 Å². The lowest BCUT2D eigenvalue weighted by Gasteiger charge is -2.36. The number of rotatable bonds is 9. The molecule has 9 heteroatoms. The fraction of sp³-hybridized carbons (Fsp3) is 0.429. The third kappa shape index (κ3) is 5.68. The third-order valence-corrected chi connectivity index (χ3v) is 6.48. The lowest BCUT2D eigenvalue weighted by atomic mass is 10.2. The summed E-state index contributed by atoms with van der Waals surface area (Å²) >= 11 is 0. The Balaban J connectivity index is 1.43. The van der Waals surface area contributed by atoms with Crippen LogP contribution in [0.4, 0.5) is 14.5 Å². The Morgan fingerprint density at radius 1 is 1.03 bits per heavy atom. The monoisotopic (exact) mass is 439 g/mol. The third-order valence-electron chi connectivity index (χ3n) is 5.02. The van der Waals surface area contributed by atoms with Gasteiger partial charge in [0.1, 0.15) is 5.82 Å². The molecule has 0 atom stereocenters. The van der Waals surface area contributed by atoms with E-state index in [1.165, 1.54) is 18.2 Å². The molecule has 2 aromatic rings. The molecular formula is C21H27F2N3O3S. The minimum absolute atomic E-state index is 0.0333. The van der Waals surface area contributed by atoms with Gasteiger partial charge >= 0.3 is 0 Å². The molecule has 1 N–H and O–H groups in total. The number of sulfonamides is 1. The largest absolute Gasteiger partial charge is 0.491 e. The van der Waals surface area contributed by atoms with Gasteiger partial charge in [-0.2, -0.15) is 0 Å². The van der Waals surface area contributed by atoms with E-state index >= 15 is 0 Å². The van der Waals surface area contributed by atoms with E-state index in [1.807, 2.05) is 11.0 Å². The number of para-hydroxylation sites is 1. The van der Waals surface area contributed by atoms with Crippen molar-refractivity contribution in [2.75, 3.05) is 50.8 Å². The number of nitrogens with one attached hydrogen (secondary N) is 1. The van der Waals surface area contributed by atoms with E-state index in [-0.39, 0.29) is 23.0 Å². The number of hydrogen-bond donors (Lipinski definition) is 1. The van der Waals surface area contributed by atoms with E-state index in [4.69, 9.17) is 4.74 Å². The van der Waals surface area contributed by atoms with Gasteiger partial charge in [0.15, 0.2) is 11.6 Å². The molecule has 1 aliphatic rings. The normalized spacial score (nSPS) is 15.4. The Bertz CT molecular complexity index is 948. The van der Waals surface area contributed by atoms with Crippen LogP contribution in [0, 0.1) is 11.6 Å². The van der Waals surface area contributed by atoms with Crippen molar-refractivity contribution in [3.05, 3.63) is 54.1 Å². The lowest BCUT2D eigenvalue weighted by Crippen LogP contribution is -2.47. The second-order valence-corrected chi connectivity index (χ2v) is 8.82. The minimum Gasteiger partial charge on any atom is -0.491 e. The van der Waals surface area contributed by atoms with Gasteiger partial charge in [-0.05, 0) is 50.2 Å². The van der Waals surface area contributed by atoms with Crippen molar-refractivity contribution in [1.82, 2.24) is 9.62 Å². The van der Waals surface area contributed by atoms with Crippen LogP contribution in [0.5, 0.6) is 5.75 Å². The highest BCUT2D eigenvalue weighted by Gasteiger charge is 2.20. The van der Waals surface area contributed by atoms with Gasteiger partial charge in [0.25, 0.3) is 0 Å². The van der Waals surface area contributed by atoms with Crippen LogP contribution in [0.1, 0.15) is 13.3 Å². The van der Waals surface area contributed by atoms with E-state index in [1.54, 1.807) is 19.1 Å². The molecule has 0 saturated carbocycles. The molecule has 0 spiro atoms. The smallest absolute Gasteiger partial charge is 0.240 e. The lowest BCUT2D eigenvalue weighted by molar-refractivity contribution is 0.255. The standard InChI is InChI=1S/C21H27F2N3O3S/c1-2-29-21-9-8-17(16-19(21)23)30(27,28)24-10-5-11-25-12-14-26(15-13-25)20-7-4-3-6-18(20)22/h3-4,6-9,16,24H,2,5,10-15H2,1H3. The Hall–Kier alpha value is -2.23. The van der Waals surface area contributed by atoms with Gasteiger partial charge in [-0.15, -0.1) is 0 Å². The van der Waals surface area contributed by atoms with Crippen molar-refractivity contribution in [2.45, 2.75) is 18.2 Å². The van der Waals surface area contributed by atoms with Crippen molar-refractivity contribution in [1.29, 1.82) is 0 Å². The molecule has 0 radical (unpaired) electrons. The molecule has 164 valence electrons. The molecule has 1 saturated heterocycles. The van der Waals surface area contributed by atoms with Gasteiger partial charge in [0, 0.05) is 32.7 Å². The van der Waals surface area contributed by atoms with Crippen LogP contribution in [-0.2, 0) is 10.0 Å². The number of benzene rings is 2. The highest BCUT2D eigenvalue weighted by molar-refractivity contribution is 7.89. The molecule has 3 rings (SSSR count). The number of piperazine rings is 1. The summed E-state index contributed by atoms with van der Waals surface area (Å²) < 4.78 is 60.2. The summed E-state index contributed by atoms with van der Waals surface area (Å²) in [5, 5.41) is 0. The van der Waals surface area contributed by atoms with Crippen LogP contribution in [0.25, 0.3) is 0 Å². The van der Waals surface area contributed by atoms with Crippen LogP contribution in [0.2, 0.25) is 0 Å².